The summed E-state index contributed by atoms with van der Waals surface area (Å²) in [6.07, 6.45) is 4.04. The molecular formula is C20H32N4O4S2. The Balaban J connectivity index is 1.49. The van der Waals surface area contributed by atoms with Gasteiger partial charge < -0.3 is 0 Å². The van der Waals surface area contributed by atoms with Crippen molar-refractivity contribution < 1.29 is 16.8 Å². The first-order valence-corrected chi connectivity index (χ1v) is 13.9. The quantitative estimate of drug-likeness (QED) is 0.618. The fourth-order valence-corrected chi connectivity index (χ4v) is 7.73. The van der Waals surface area contributed by atoms with Crippen molar-refractivity contribution in [3.05, 3.63) is 34.9 Å². The molecule has 0 spiro atoms. The summed E-state index contributed by atoms with van der Waals surface area (Å²) < 4.78 is 52.1. The van der Waals surface area contributed by atoms with Gasteiger partial charge in [0, 0.05) is 38.3 Å². The molecule has 168 valence electrons. The zero-order valence-corrected chi connectivity index (χ0v) is 19.1. The number of rotatable bonds is 6. The largest absolute Gasteiger partial charge is 0.296 e. The first kappa shape index (κ1) is 22.2. The van der Waals surface area contributed by atoms with E-state index in [2.05, 4.69) is 34.7 Å². The maximum atomic E-state index is 13.1. The predicted molar refractivity (Wildman–Crippen MR) is 117 cm³/mol. The van der Waals surface area contributed by atoms with Gasteiger partial charge in [0.05, 0.1) is 5.75 Å². The number of hydrogen-bond donors (Lipinski definition) is 2. The molecule has 3 atom stereocenters. The molecule has 1 aromatic carbocycles. The summed E-state index contributed by atoms with van der Waals surface area (Å²) in [6.45, 7) is 4.68. The highest BCUT2D eigenvalue weighted by molar-refractivity contribution is 7.89. The van der Waals surface area contributed by atoms with Gasteiger partial charge in [0.2, 0.25) is 10.0 Å². The summed E-state index contributed by atoms with van der Waals surface area (Å²) in [7, 11) is -7.25. The third-order valence-electron chi connectivity index (χ3n) is 6.81. The zero-order valence-electron chi connectivity index (χ0n) is 17.5. The lowest BCUT2D eigenvalue weighted by molar-refractivity contribution is 0.0220. The lowest BCUT2D eigenvalue weighted by Gasteiger charge is -2.51. The van der Waals surface area contributed by atoms with Crippen molar-refractivity contribution in [3.8, 4) is 0 Å². The summed E-state index contributed by atoms with van der Waals surface area (Å²) in [5.41, 5.74) is 4.02. The SMILES string of the molecule is Cc1ccc2c(c1)CCN1C[C@@H]3CCCN(S(=O)(=O)CCCNS(N)(=O)=O)[C@@H]3C[C@@H]21. The van der Waals surface area contributed by atoms with Crippen molar-refractivity contribution in [3.63, 3.8) is 0 Å². The van der Waals surface area contributed by atoms with Crippen LogP contribution in [0.4, 0.5) is 0 Å². The molecule has 3 heterocycles. The second-order valence-electron chi connectivity index (χ2n) is 8.89. The standard InChI is InChI=1S/C20H32N4O4S2/c1-15-5-6-18-16(12-15)7-10-23-14-17-4-2-9-24(19(17)13-20(18)23)29(25,26)11-3-8-22-30(21,27)28/h5-6,12,17,19-20,22H,2-4,7-11,13-14H2,1H3,(H2,21,27,28)/t17-,19+,20-/m0/s1. The first-order valence-electron chi connectivity index (χ1n) is 10.7. The van der Waals surface area contributed by atoms with E-state index in [1.54, 1.807) is 4.31 Å². The van der Waals surface area contributed by atoms with Crippen LogP contribution in [0.5, 0.6) is 0 Å². The van der Waals surface area contributed by atoms with Gasteiger partial charge in [-0.2, -0.15) is 12.7 Å². The molecule has 0 amide bonds. The molecular weight excluding hydrogens is 424 g/mol. The van der Waals surface area contributed by atoms with Crippen molar-refractivity contribution >= 4 is 20.2 Å². The Morgan fingerprint density at radius 2 is 2.00 bits per heavy atom. The van der Waals surface area contributed by atoms with Crippen LogP contribution in [-0.2, 0) is 26.7 Å². The van der Waals surface area contributed by atoms with Crippen LogP contribution in [0.2, 0.25) is 0 Å². The normalized spacial score (nSPS) is 27.9. The van der Waals surface area contributed by atoms with Gasteiger partial charge in [0.15, 0.2) is 0 Å². The molecule has 3 N–H and O–H groups in total. The van der Waals surface area contributed by atoms with E-state index in [0.717, 1.165) is 38.8 Å². The van der Waals surface area contributed by atoms with Gasteiger partial charge in [-0.3, -0.25) is 4.90 Å². The monoisotopic (exact) mass is 456 g/mol. The van der Waals surface area contributed by atoms with E-state index in [1.165, 1.54) is 16.7 Å². The summed E-state index contributed by atoms with van der Waals surface area (Å²) in [5, 5.41) is 4.92. The minimum atomic E-state index is -3.79. The molecule has 2 fully saturated rings. The van der Waals surface area contributed by atoms with Crippen LogP contribution >= 0.6 is 0 Å². The van der Waals surface area contributed by atoms with E-state index < -0.39 is 20.2 Å². The zero-order chi connectivity index (χ0) is 21.5. The van der Waals surface area contributed by atoms with Crippen molar-refractivity contribution in [2.75, 3.05) is 31.9 Å². The molecule has 0 unspecified atom stereocenters. The summed E-state index contributed by atoms with van der Waals surface area (Å²) in [5.74, 6) is 0.294. The van der Waals surface area contributed by atoms with E-state index in [0.29, 0.717) is 12.5 Å². The number of sulfonamides is 1. The number of benzene rings is 1. The number of nitrogens with two attached hydrogens (primary N) is 1. The van der Waals surface area contributed by atoms with E-state index in [9.17, 15) is 16.8 Å². The molecule has 3 aliphatic heterocycles. The topological polar surface area (TPSA) is 113 Å². The van der Waals surface area contributed by atoms with Crippen LogP contribution in [0.3, 0.4) is 0 Å². The van der Waals surface area contributed by atoms with Crippen LogP contribution in [-0.4, -0.2) is 64.0 Å². The predicted octanol–water partition coefficient (Wildman–Crippen LogP) is 0.892. The van der Waals surface area contributed by atoms with Crippen LogP contribution in [0.1, 0.15) is 48.4 Å². The number of nitrogens with zero attached hydrogens (tertiary/aromatic N) is 2. The van der Waals surface area contributed by atoms with Crippen LogP contribution < -0.4 is 9.86 Å². The van der Waals surface area contributed by atoms with E-state index in [4.69, 9.17) is 5.14 Å². The Kier molecular flexibility index (Phi) is 6.26. The lowest BCUT2D eigenvalue weighted by atomic mass is 9.77. The van der Waals surface area contributed by atoms with E-state index in [-0.39, 0.29) is 30.8 Å². The number of aryl methyl sites for hydroxylation is 1. The molecule has 3 aliphatic rings. The number of nitrogens with one attached hydrogen (secondary N) is 1. The highest BCUT2D eigenvalue weighted by Crippen LogP contribution is 2.43. The first-order chi connectivity index (χ1) is 14.1. The Morgan fingerprint density at radius 1 is 1.20 bits per heavy atom. The minimum absolute atomic E-state index is 0.0171. The second kappa shape index (κ2) is 8.48. The molecule has 30 heavy (non-hydrogen) atoms. The molecule has 0 aromatic heterocycles. The Labute approximate surface area is 180 Å². The average molecular weight is 457 g/mol. The molecule has 0 aliphatic carbocycles. The van der Waals surface area contributed by atoms with Crippen LogP contribution in [0, 0.1) is 12.8 Å². The van der Waals surface area contributed by atoms with Gasteiger partial charge in [-0.15, -0.1) is 0 Å². The third-order valence-corrected chi connectivity index (χ3v) is 9.39. The summed E-state index contributed by atoms with van der Waals surface area (Å²) in [4.78, 5) is 2.55. The number of piperidine rings is 2. The molecule has 10 heteroatoms. The van der Waals surface area contributed by atoms with Crippen molar-refractivity contribution in [2.45, 2.75) is 51.1 Å². The van der Waals surface area contributed by atoms with Crippen molar-refractivity contribution in [1.82, 2.24) is 13.9 Å². The van der Waals surface area contributed by atoms with E-state index in [1.807, 2.05) is 0 Å². The molecule has 0 radical (unpaired) electrons. The average Bonchev–Trinajstić information content (AvgIpc) is 2.68. The molecule has 0 bridgehead atoms. The van der Waals surface area contributed by atoms with Gasteiger partial charge in [-0.25, -0.2) is 18.3 Å². The van der Waals surface area contributed by atoms with E-state index >= 15 is 0 Å². The van der Waals surface area contributed by atoms with Crippen molar-refractivity contribution in [2.24, 2.45) is 11.1 Å². The number of hydrogen-bond acceptors (Lipinski definition) is 5. The maximum absolute atomic E-state index is 13.1. The maximum Gasteiger partial charge on any atom is 0.274 e. The number of fused-ring (bicyclic) bond motifs is 4. The summed E-state index contributed by atoms with van der Waals surface area (Å²) in [6, 6.07) is 6.94. The highest BCUT2D eigenvalue weighted by atomic mass is 32.2. The molecule has 2 saturated heterocycles. The highest BCUT2D eigenvalue weighted by Gasteiger charge is 2.45. The molecule has 8 nitrogen and oxygen atoms in total. The lowest BCUT2D eigenvalue weighted by Crippen LogP contribution is -2.57. The smallest absolute Gasteiger partial charge is 0.274 e. The van der Waals surface area contributed by atoms with Gasteiger partial charge in [-0.05, 0) is 56.1 Å². The van der Waals surface area contributed by atoms with Gasteiger partial charge in [0.25, 0.3) is 10.2 Å². The minimum Gasteiger partial charge on any atom is -0.296 e. The fraction of sp³-hybridized carbons (Fsp3) is 0.700. The Hall–Kier alpha value is -1.04. The van der Waals surface area contributed by atoms with Crippen LogP contribution in [0.15, 0.2) is 18.2 Å². The van der Waals surface area contributed by atoms with Gasteiger partial charge >= 0.3 is 0 Å². The van der Waals surface area contributed by atoms with Gasteiger partial charge in [0.1, 0.15) is 0 Å². The Morgan fingerprint density at radius 3 is 2.77 bits per heavy atom. The fourth-order valence-electron chi connectivity index (χ4n) is 5.47. The third kappa shape index (κ3) is 4.73. The molecule has 0 saturated carbocycles. The van der Waals surface area contributed by atoms with Gasteiger partial charge in [-0.1, -0.05) is 23.8 Å². The molecule has 4 rings (SSSR count). The van der Waals surface area contributed by atoms with Crippen LogP contribution in [0.25, 0.3) is 0 Å². The molecule has 1 aromatic rings. The Bertz CT molecular complexity index is 996. The second-order valence-corrected chi connectivity index (χ2v) is 12.3. The summed E-state index contributed by atoms with van der Waals surface area (Å²) >= 11 is 0. The van der Waals surface area contributed by atoms with Crippen molar-refractivity contribution in [1.29, 1.82) is 0 Å².